The SMILES string of the molecule is CCCCCC(CC)NC1CCCCC1. The van der Waals surface area contributed by atoms with Crippen LogP contribution in [0.1, 0.15) is 78.1 Å². The summed E-state index contributed by atoms with van der Waals surface area (Å²) < 4.78 is 0. The molecule has 0 aromatic heterocycles. The van der Waals surface area contributed by atoms with E-state index >= 15 is 0 Å². The van der Waals surface area contributed by atoms with E-state index in [0.29, 0.717) is 0 Å². The summed E-state index contributed by atoms with van der Waals surface area (Å²) >= 11 is 0. The molecule has 1 atom stereocenters. The fourth-order valence-corrected chi connectivity index (χ4v) is 2.65. The minimum atomic E-state index is 0.791. The molecule has 1 nitrogen and oxygen atoms in total. The molecule has 1 N–H and O–H groups in total. The van der Waals surface area contributed by atoms with E-state index in [4.69, 9.17) is 0 Å². The zero-order chi connectivity index (χ0) is 10.9. The van der Waals surface area contributed by atoms with Crippen molar-refractivity contribution in [3.8, 4) is 0 Å². The Morgan fingerprint density at radius 3 is 2.40 bits per heavy atom. The van der Waals surface area contributed by atoms with Crippen LogP contribution in [-0.4, -0.2) is 12.1 Å². The highest BCUT2D eigenvalue weighted by atomic mass is 14.9. The Kier molecular flexibility index (Phi) is 7.08. The van der Waals surface area contributed by atoms with Crippen molar-refractivity contribution in [3.63, 3.8) is 0 Å². The monoisotopic (exact) mass is 211 g/mol. The van der Waals surface area contributed by atoms with Gasteiger partial charge in [0.05, 0.1) is 0 Å². The van der Waals surface area contributed by atoms with Crippen LogP contribution in [-0.2, 0) is 0 Å². The van der Waals surface area contributed by atoms with Crippen LogP contribution in [0.2, 0.25) is 0 Å². The Morgan fingerprint density at radius 1 is 1.07 bits per heavy atom. The zero-order valence-corrected chi connectivity index (χ0v) is 10.7. The molecule has 1 aliphatic carbocycles. The van der Waals surface area contributed by atoms with Crippen molar-refractivity contribution in [3.05, 3.63) is 0 Å². The predicted octanol–water partition coefficient (Wildman–Crippen LogP) is 4.27. The van der Waals surface area contributed by atoms with E-state index in [1.165, 1.54) is 64.2 Å². The Labute approximate surface area is 96.0 Å². The van der Waals surface area contributed by atoms with E-state index < -0.39 is 0 Å². The fourth-order valence-electron chi connectivity index (χ4n) is 2.65. The summed E-state index contributed by atoms with van der Waals surface area (Å²) in [6.45, 7) is 4.61. The first-order valence-corrected chi connectivity index (χ1v) is 7.12. The van der Waals surface area contributed by atoms with Crippen molar-refractivity contribution in [2.75, 3.05) is 0 Å². The molecule has 0 aliphatic heterocycles. The summed E-state index contributed by atoms with van der Waals surface area (Å²) in [6, 6.07) is 1.63. The summed E-state index contributed by atoms with van der Waals surface area (Å²) in [4.78, 5) is 0. The Hall–Kier alpha value is -0.0400. The number of hydrogen-bond donors (Lipinski definition) is 1. The van der Waals surface area contributed by atoms with E-state index in [1.54, 1.807) is 0 Å². The molecule has 90 valence electrons. The van der Waals surface area contributed by atoms with Gasteiger partial charge in [0.2, 0.25) is 0 Å². The van der Waals surface area contributed by atoms with Crippen molar-refractivity contribution in [2.45, 2.75) is 90.1 Å². The molecule has 0 heterocycles. The summed E-state index contributed by atoms with van der Waals surface area (Å²) in [5.74, 6) is 0. The molecule has 0 saturated heterocycles. The van der Waals surface area contributed by atoms with Crippen molar-refractivity contribution < 1.29 is 0 Å². The van der Waals surface area contributed by atoms with E-state index in [2.05, 4.69) is 19.2 Å². The maximum atomic E-state index is 3.86. The molecule has 1 unspecified atom stereocenters. The van der Waals surface area contributed by atoms with E-state index in [1.807, 2.05) is 0 Å². The third kappa shape index (κ3) is 5.55. The molecule has 1 rings (SSSR count). The molecule has 1 fully saturated rings. The molecular weight excluding hydrogens is 182 g/mol. The lowest BCUT2D eigenvalue weighted by molar-refractivity contribution is 0.318. The average Bonchev–Trinajstić information content (AvgIpc) is 2.29. The minimum absolute atomic E-state index is 0.791. The first-order valence-electron chi connectivity index (χ1n) is 7.12. The van der Waals surface area contributed by atoms with E-state index in [9.17, 15) is 0 Å². The second kappa shape index (κ2) is 8.15. The van der Waals surface area contributed by atoms with Gasteiger partial charge in [-0.2, -0.15) is 0 Å². The molecule has 0 bridgehead atoms. The van der Waals surface area contributed by atoms with Gasteiger partial charge >= 0.3 is 0 Å². The average molecular weight is 211 g/mol. The first kappa shape index (κ1) is 13.0. The first-order chi connectivity index (χ1) is 7.36. The van der Waals surface area contributed by atoms with Gasteiger partial charge in [-0.15, -0.1) is 0 Å². The van der Waals surface area contributed by atoms with Crippen molar-refractivity contribution in [2.24, 2.45) is 0 Å². The van der Waals surface area contributed by atoms with Gasteiger partial charge in [0.25, 0.3) is 0 Å². The Bertz CT molecular complexity index is 138. The highest BCUT2D eigenvalue weighted by Gasteiger charge is 2.16. The van der Waals surface area contributed by atoms with Gasteiger partial charge in [0, 0.05) is 12.1 Å². The molecule has 0 aromatic rings. The summed E-state index contributed by atoms with van der Waals surface area (Å²) in [6.07, 6.45) is 14.1. The fraction of sp³-hybridized carbons (Fsp3) is 1.00. The summed E-state index contributed by atoms with van der Waals surface area (Å²) in [5.41, 5.74) is 0. The second-order valence-electron chi connectivity index (χ2n) is 5.10. The zero-order valence-electron chi connectivity index (χ0n) is 10.7. The molecule has 1 heteroatoms. The lowest BCUT2D eigenvalue weighted by Gasteiger charge is -2.28. The van der Waals surface area contributed by atoms with Crippen LogP contribution in [0.3, 0.4) is 0 Å². The van der Waals surface area contributed by atoms with Crippen molar-refractivity contribution in [1.29, 1.82) is 0 Å². The molecule has 1 aliphatic rings. The largest absolute Gasteiger partial charge is 0.311 e. The molecule has 15 heavy (non-hydrogen) atoms. The maximum Gasteiger partial charge on any atom is 0.00696 e. The quantitative estimate of drug-likeness (QED) is 0.620. The minimum Gasteiger partial charge on any atom is -0.311 e. The molecule has 0 radical (unpaired) electrons. The standard InChI is InChI=1S/C14H29N/c1-3-5-7-10-13(4-2)15-14-11-8-6-9-12-14/h13-15H,3-12H2,1-2H3. The van der Waals surface area contributed by atoms with Crippen LogP contribution in [0.25, 0.3) is 0 Å². The third-order valence-corrected chi connectivity index (χ3v) is 3.73. The lowest BCUT2D eigenvalue weighted by Crippen LogP contribution is -2.39. The van der Waals surface area contributed by atoms with Crippen molar-refractivity contribution in [1.82, 2.24) is 5.32 Å². The molecular formula is C14H29N. The van der Waals surface area contributed by atoms with E-state index in [0.717, 1.165) is 12.1 Å². The molecule has 0 aromatic carbocycles. The maximum absolute atomic E-state index is 3.86. The number of nitrogens with one attached hydrogen (secondary N) is 1. The van der Waals surface area contributed by atoms with Gasteiger partial charge in [0.1, 0.15) is 0 Å². The molecule has 1 saturated carbocycles. The third-order valence-electron chi connectivity index (χ3n) is 3.73. The Balaban J connectivity index is 2.13. The van der Waals surface area contributed by atoms with Gasteiger partial charge in [-0.1, -0.05) is 52.4 Å². The van der Waals surface area contributed by atoms with Gasteiger partial charge in [0.15, 0.2) is 0 Å². The number of rotatable bonds is 7. The summed E-state index contributed by atoms with van der Waals surface area (Å²) in [5, 5.41) is 3.86. The lowest BCUT2D eigenvalue weighted by atomic mass is 9.94. The van der Waals surface area contributed by atoms with Gasteiger partial charge in [-0.3, -0.25) is 0 Å². The van der Waals surface area contributed by atoms with Gasteiger partial charge in [-0.05, 0) is 25.7 Å². The van der Waals surface area contributed by atoms with Crippen molar-refractivity contribution >= 4 is 0 Å². The highest BCUT2D eigenvalue weighted by molar-refractivity contribution is 4.76. The van der Waals surface area contributed by atoms with Crippen LogP contribution in [0.5, 0.6) is 0 Å². The smallest absolute Gasteiger partial charge is 0.00696 e. The van der Waals surface area contributed by atoms with Crippen LogP contribution in [0, 0.1) is 0 Å². The second-order valence-corrected chi connectivity index (χ2v) is 5.10. The number of unbranched alkanes of at least 4 members (excludes halogenated alkanes) is 2. The Morgan fingerprint density at radius 2 is 1.80 bits per heavy atom. The van der Waals surface area contributed by atoms with Crippen LogP contribution < -0.4 is 5.32 Å². The van der Waals surface area contributed by atoms with Crippen LogP contribution in [0.15, 0.2) is 0 Å². The van der Waals surface area contributed by atoms with Crippen LogP contribution >= 0.6 is 0 Å². The normalized spacial score (nSPS) is 20.4. The summed E-state index contributed by atoms with van der Waals surface area (Å²) in [7, 11) is 0. The highest BCUT2D eigenvalue weighted by Crippen LogP contribution is 2.19. The number of hydrogen-bond acceptors (Lipinski definition) is 1. The topological polar surface area (TPSA) is 12.0 Å². The van der Waals surface area contributed by atoms with Gasteiger partial charge < -0.3 is 5.32 Å². The van der Waals surface area contributed by atoms with E-state index in [-0.39, 0.29) is 0 Å². The molecule has 0 amide bonds. The van der Waals surface area contributed by atoms with Crippen LogP contribution in [0.4, 0.5) is 0 Å². The predicted molar refractivity (Wildman–Crippen MR) is 68.2 cm³/mol. The van der Waals surface area contributed by atoms with Gasteiger partial charge in [-0.25, -0.2) is 0 Å². The molecule has 0 spiro atoms.